The number of hydrogen-bond acceptors (Lipinski definition) is 9. The van der Waals surface area contributed by atoms with E-state index < -0.39 is 37.6 Å². The summed E-state index contributed by atoms with van der Waals surface area (Å²) in [6.45, 7) is 2.02. The third-order valence-corrected chi connectivity index (χ3v) is 5.11. The number of nitrogens with zero attached hydrogens (tertiary/aromatic N) is 4. The minimum Gasteiger partial charge on any atom is -0.497 e. The van der Waals surface area contributed by atoms with E-state index in [0.29, 0.717) is 12.1 Å². The summed E-state index contributed by atoms with van der Waals surface area (Å²) in [6.07, 6.45) is 3.03. The highest BCUT2D eigenvalue weighted by Gasteiger charge is 2.35. The number of hydrogen-bond donors (Lipinski definition) is 1. The maximum atomic E-state index is 11.4. The summed E-state index contributed by atoms with van der Waals surface area (Å²) >= 11 is 0. The SMILES string of the molecule is CN1CCC(C=O)(c2ccccc2)CC1.O=[N+]([O-])c1cc([N+](=O)[O-])c(O)c([N+](=O)[O-])c1. The highest BCUT2D eigenvalue weighted by atomic mass is 16.6. The molecule has 1 aliphatic heterocycles. The van der Waals surface area contributed by atoms with Crippen LogP contribution in [-0.4, -0.2) is 51.2 Å². The van der Waals surface area contributed by atoms with Gasteiger partial charge in [0.25, 0.3) is 11.4 Å². The molecule has 31 heavy (non-hydrogen) atoms. The molecule has 3 rings (SSSR count). The predicted molar refractivity (Wildman–Crippen MR) is 109 cm³/mol. The quantitative estimate of drug-likeness (QED) is 0.424. The Labute approximate surface area is 176 Å². The lowest BCUT2D eigenvalue weighted by atomic mass is 9.74. The van der Waals surface area contributed by atoms with E-state index in [2.05, 4.69) is 24.1 Å². The van der Waals surface area contributed by atoms with E-state index in [9.17, 15) is 35.1 Å². The Hall–Kier alpha value is -3.93. The second-order valence-corrected chi connectivity index (χ2v) is 7.05. The molecule has 0 radical (unpaired) electrons. The lowest BCUT2D eigenvalue weighted by Gasteiger charge is -2.36. The molecule has 2 aromatic carbocycles. The monoisotopic (exact) mass is 432 g/mol. The van der Waals surface area contributed by atoms with Gasteiger partial charge < -0.3 is 14.8 Å². The number of non-ortho nitro benzene ring substituents is 1. The predicted octanol–water partition coefficient (Wildman–Crippen LogP) is 2.97. The van der Waals surface area contributed by atoms with Crippen molar-refractivity contribution in [3.8, 4) is 5.75 Å². The van der Waals surface area contributed by atoms with Crippen LogP contribution < -0.4 is 0 Å². The van der Waals surface area contributed by atoms with Gasteiger partial charge >= 0.3 is 11.4 Å². The molecule has 0 amide bonds. The number of aromatic hydroxyl groups is 1. The van der Waals surface area contributed by atoms with Gasteiger partial charge in [-0.15, -0.1) is 0 Å². The Kier molecular flexibility index (Phi) is 7.32. The van der Waals surface area contributed by atoms with E-state index in [1.807, 2.05) is 18.2 Å². The Morgan fingerprint density at radius 2 is 1.42 bits per heavy atom. The van der Waals surface area contributed by atoms with E-state index in [-0.39, 0.29) is 5.41 Å². The van der Waals surface area contributed by atoms with Crippen LogP contribution in [0.4, 0.5) is 17.1 Å². The van der Waals surface area contributed by atoms with Crippen LogP contribution in [0.3, 0.4) is 0 Å². The largest absolute Gasteiger partial charge is 0.497 e. The van der Waals surface area contributed by atoms with Crippen LogP contribution in [0.5, 0.6) is 5.75 Å². The normalized spacial score (nSPS) is 15.3. The van der Waals surface area contributed by atoms with Crippen LogP contribution in [0, 0.1) is 30.3 Å². The molecule has 0 unspecified atom stereocenters. The van der Waals surface area contributed by atoms with Gasteiger partial charge in [-0.3, -0.25) is 30.3 Å². The van der Waals surface area contributed by atoms with Crippen molar-refractivity contribution in [2.75, 3.05) is 20.1 Å². The number of carbonyl (C=O) groups excluding carboxylic acids is 1. The number of likely N-dealkylation sites (tertiary alicyclic amines) is 1. The standard InChI is InChI=1S/C13H17NO.C6H3N3O7/c1-14-9-7-13(11-15,8-10-14)12-5-3-2-4-6-12;10-6-4(8(13)14)1-3(7(11)12)2-5(6)9(15)16/h2-6,11H,7-10H2,1H3;1-2,10H. The molecule has 0 saturated carbocycles. The molecule has 2 aromatic rings. The lowest BCUT2D eigenvalue weighted by Crippen LogP contribution is -2.41. The van der Waals surface area contributed by atoms with Crippen molar-refractivity contribution in [1.82, 2.24) is 4.90 Å². The summed E-state index contributed by atoms with van der Waals surface area (Å²) in [7, 11) is 2.11. The second kappa shape index (κ2) is 9.71. The molecule has 0 bridgehead atoms. The van der Waals surface area contributed by atoms with Gasteiger partial charge in [0, 0.05) is 0 Å². The highest BCUT2D eigenvalue weighted by Crippen LogP contribution is 2.39. The molecule has 1 N–H and O–H groups in total. The fraction of sp³-hybridized carbons (Fsp3) is 0.316. The molecule has 0 spiro atoms. The third-order valence-electron chi connectivity index (χ3n) is 5.11. The first-order valence-electron chi connectivity index (χ1n) is 9.12. The molecule has 1 saturated heterocycles. The fourth-order valence-electron chi connectivity index (χ4n) is 3.24. The topological polar surface area (TPSA) is 170 Å². The molecule has 1 aliphatic rings. The zero-order chi connectivity index (χ0) is 23.2. The number of benzene rings is 2. The number of phenolic OH excluding ortho intramolecular Hbond substituents is 1. The van der Waals surface area contributed by atoms with Crippen LogP contribution in [0.15, 0.2) is 42.5 Å². The molecule has 1 fully saturated rings. The molecule has 12 heteroatoms. The zero-order valence-electron chi connectivity index (χ0n) is 16.5. The molecule has 0 aliphatic carbocycles. The molecule has 12 nitrogen and oxygen atoms in total. The van der Waals surface area contributed by atoms with Crippen molar-refractivity contribution in [2.45, 2.75) is 18.3 Å². The smallest absolute Gasteiger partial charge is 0.324 e. The second-order valence-electron chi connectivity index (χ2n) is 7.05. The minimum absolute atomic E-state index is 0.228. The summed E-state index contributed by atoms with van der Waals surface area (Å²) in [5, 5.41) is 40.2. The lowest BCUT2D eigenvalue weighted by molar-refractivity contribution is -0.404. The number of nitro groups is 3. The average molecular weight is 432 g/mol. The third kappa shape index (κ3) is 5.36. The van der Waals surface area contributed by atoms with Crippen molar-refractivity contribution in [1.29, 1.82) is 0 Å². The molecule has 0 atom stereocenters. The van der Waals surface area contributed by atoms with Crippen LogP contribution in [-0.2, 0) is 10.2 Å². The number of rotatable bonds is 5. The van der Waals surface area contributed by atoms with E-state index in [1.165, 1.54) is 5.56 Å². The van der Waals surface area contributed by atoms with Crippen molar-refractivity contribution >= 4 is 23.3 Å². The average Bonchev–Trinajstić information content (AvgIpc) is 2.75. The van der Waals surface area contributed by atoms with Crippen molar-refractivity contribution in [3.05, 3.63) is 78.4 Å². The van der Waals surface area contributed by atoms with Crippen molar-refractivity contribution in [3.63, 3.8) is 0 Å². The van der Waals surface area contributed by atoms with Crippen LogP contribution >= 0.6 is 0 Å². The van der Waals surface area contributed by atoms with Gasteiger partial charge in [0.05, 0.1) is 32.3 Å². The number of nitro benzene ring substituents is 3. The van der Waals surface area contributed by atoms with Crippen LogP contribution in [0.1, 0.15) is 18.4 Å². The Morgan fingerprint density at radius 1 is 0.935 bits per heavy atom. The molecular weight excluding hydrogens is 412 g/mol. The van der Waals surface area contributed by atoms with Crippen molar-refractivity contribution < 1.29 is 24.7 Å². The highest BCUT2D eigenvalue weighted by molar-refractivity contribution is 5.69. The van der Waals surface area contributed by atoms with E-state index in [1.54, 1.807) is 0 Å². The summed E-state index contributed by atoms with van der Waals surface area (Å²) in [6, 6.07) is 11.1. The summed E-state index contributed by atoms with van der Waals surface area (Å²) in [5.74, 6) is -1.21. The van der Waals surface area contributed by atoms with Gasteiger partial charge in [-0.2, -0.15) is 0 Å². The maximum absolute atomic E-state index is 11.4. The first-order chi connectivity index (χ1) is 14.6. The Balaban J connectivity index is 0.000000220. The summed E-state index contributed by atoms with van der Waals surface area (Å²) in [5.41, 5.74) is -2.06. The van der Waals surface area contributed by atoms with Crippen molar-refractivity contribution in [2.24, 2.45) is 0 Å². The molecule has 1 heterocycles. The minimum atomic E-state index is -1.21. The molecule has 164 valence electrons. The van der Waals surface area contributed by atoms with E-state index >= 15 is 0 Å². The summed E-state index contributed by atoms with van der Waals surface area (Å²) in [4.78, 5) is 41.4. The molecular formula is C19H20N4O8. The Morgan fingerprint density at radius 3 is 1.81 bits per heavy atom. The fourth-order valence-corrected chi connectivity index (χ4v) is 3.24. The number of carbonyl (C=O) groups is 1. The van der Waals surface area contributed by atoms with Gasteiger partial charge in [-0.05, 0) is 38.5 Å². The van der Waals surface area contributed by atoms with Crippen LogP contribution in [0.25, 0.3) is 0 Å². The van der Waals surface area contributed by atoms with Crippen LogP contribution in [0.2, 0.25) is 0 Å². The van der Waals surface area contributed by atoms with Gasteiger partial charge in [0.15, 0.2) is 0 Å². The van der Waals surface area contributed by atoms with Gasteiger partial charge in [0.2, 0.25) is 0 Å². The first kappa shape index (κ1) is 23.3. The van der Waals surface area contributed by atoms with Gasteiger partial charge in [-0.25, -0.2) is 0 Å². The van der Waals surface area contributed by atoms with Gasteiger partial charge in [0.1, 0.15) is 6.29 Å². The number of piperidine rings is 1. The Bertz CT molecular complexity index is 953. The van der Waals surface area contributed by atoms with E-state index in [4.69, 9.17) is 5.11 Å². The molecule has 0 aromatic heterocycles. The maximum Gasteiger partial charge on any atom is 0.324 e. The summed E-state index contributed by atoms with van der Waals surface area (Å²) < 4.78 is 0. The van der Waals surface area contributed by atoms with Gasteiger partial charge in [-0.1, -0.05) is 30.3 Å². The van der Waals surface area contributed by atoms with E-state index in [0.717, 1.165) is 32.2 Å². The first-order valence-corrected chi connectivity index (χ1v) is 9.12. The number of phenols is 1. The zero-order valence-corrected chi connectivity index (χ0v) is 16.5. The number of aldehydes is 1.